The van der Waals surface area contributed by atoms with E-state index in [-0.39, 0.29) is 6.04 Å². The molecule has 0 amide bonds. The predicted octanol–water partition coefficient (Wildman–Crippen LogP) is 3.10. The molecule has 33 heavy (non-hydrogen) atoms. The minimum absolute atomic E-state index is 0.144. The molecule has 1 aliphatic carbocycles. The largest absolute Gasteiger partial charge is 0.377 e. The fraction of sp³-hybridized carbons (Fsp3) is 0.522. The zero-order valence-electron chi connectivity index (χ0n) is 19.3. The van der Waals surface area contributed by atoms with Crippen LogP contribution < -0.4 is 15.5 Å². The molecule has 1 saturated carbocycles. The SMILES string of the molecule is CCCNC(=S)Nc1ccc(-c2nc(N3CCOC[C@@H]3C)cc(C3(S(C)(=O)=O)CC3)n2)cc1. The average molecular weight is 490 g/mol. The minimum atomic E-state index is -3.30. The number of nitrogens with zero attached hydrogens (tertiary/aromatic N) is 3. The van der Waals surface area contributed by atoms with E-state index < -0.39 is 14.6 Å². The van der Waals surface area contributed by atoms with E-state index in [1.165, 1.54) is 6.26 Å². The van der Waals surface area contributed by atoms with E-state index in [1.54, 1.807) is 0 Å². The summed E-state index contributed by atoms with van der Waals surface area (Å²) in [6.07, 6.45) is 3.47. The van der Waals surface area contributed by atoms with Crippen LogP contribution in [0.2, 0.25) is 0 Å². The number of nitrogens with one attached hydrogen (secondary N) is 2. The number of morpholine rings is 1. The first-order chi connectivity index (χ1) is 15.7. The average Bonchev–Trinajstić information content (AvgIpc) is 3.61. The summed E-state index contributed by atoms with van der Waals surface area (Å²) in [5, 5.41) is 6.89. The summed E-state index contributed by atoms with van der Waals surface area (Å²) in [5.41, 5.74) is 2.26. The minimum Gasteiger partial charge on any atom is -0.377 e. The molecule has 2 aromatic rings. The lowest BCUT2D eigenvalue weighted by molar-refractivity contribution is 0.0985. The van der Waals surface area contributed by atoms with Gasteiger partial charge in [0.15, 0.2) is 20.8 Å². The van der Waals surface area contributed by atoms with Gasteiger partial charge < -0.3 is 20.3 Å². The van der Waals surface area contributed by atoms with Gasteiger partial charge in [0.25, 0.3) is 0 Å². The lowest BCUT2D eigenvalue weighted by Gasteiger charge is -2.34. The maximum Gasteiger partial charge on any atom is 0.170 e. The van der Waals surface area contributed by atoms with Crippen molar-refractivity contribution in [1.29, 1.82) is 0 Å². The van der Waals surface area contributed by atoms with Crippen LogP contribution in [0.5, 0.6) is 0 Å². The van der Waals surface area contributed by atoms with Gasteiger partial charge in [0.2, 0.25) is 0 Å². The molecule has 2 aliphatic rings. The van der Waals surface area contributed by atoms with Crippen molar-refractivity contribution in [3.05, 3.63) is 36.0 Å². The quantitative estimate of drug-likeness (QED) is 0.569. The molecular weight excluding hydrogens is 458 g/mol. The second-order valence-electron chi connectivity index (χ2n) is 8.78. The van der Waals surface area contributed by atoms with Gasteiger partial charge in [0.05, 0.1) is 24.9 Å². The third kappa shape index (κ3) is 5.12. The molecule has 1 aliphatic heterocycles. The van der Waals surface area contributed by atoms with Gasteiger partial charge in [-0.25, -0.2) is 18.4 Å². The van der Waals surface area contributed by atoms with Crippen molar-refractivity contribution in [2.45, 2.75) is 43.9 Å². The van der Waals surface area contributed by atoms with E-state index in [0.717, 1.165) is 30.0 Å². The molecule has 8 nitrogen and oxygen atoms in total. The van der Waals surface area contributed by atoms with Gasteiger partial charge >= 0.3 is 0 Å². The zero-order valence-corrected chi connectivity index (χ0v) is 20.9. The Labute approximate surface area is 201 Å². The molecule has 1 aromatic heterocycles. The van der Waals surface area contributed by atoms with Crippen LogP contribution in [-0.2, 0) is 19.3 Å². The predicted molar refractivity (Wildman–Crippen MR) is 135 cm³/mol. The highest BCUT2D eigenvalue weighted by Crippen LogP contribution is 2.52. The number of thiocarbonyl (C=S) groups is 1. The third-order valence-electron chi connectivity index (χ3n) is 6.19. The summed E-state index contributed by atoms with van der Waals surface area (Å²) in [4.78, 5) is 11.8. The summed E-state index contributed by atoms with van der Waals surface area (Å²) < 4.78 is 29.9. The number of aromatic nitrogens is 2. The molecule has 1 saturated heterocycles. The Morgan fingerprint density at radius 1 is 1.27 bits per heavy atom. The summed E-state index contributed by atoms with van der Waals surface area (Å²) in [7, 11) is -3.30. The maximum atomic E-state index is 12.6. The van der Waals surface area contributed by atoms with E-state index in [9.17, 15) is 8.42 Å². The summed E-state index contributed by atoms with van der Waals surface area (Å²) in [6.45, 7) is 6.91. The van der Waals surface area contributed by atoms with Crippen LogP contribution in [0, 0.1) is 0 Å². The Kier molecular flexibility index (Phi) is 6.88. The third-order valence-corrected chi connectivity index (χ3v) is 8.48. The molecule has 2 N–H and O–H groups in total. The van der Waals surface area contributed by atoms with Gasteiger partial charge in [0.1, 0.15) is 10.6 Å². The smallest absolute Gasteiger partial charge is 0.170 e. The summed E-state index contributed by atoms with van der Waals surface area (Å²) >= 11 is 5.31. The van der Waals surface area contributed by atoms with Crippen molar-refractivity contribution in [3.8, 4) is 11.4 Å². The maximum absolute atomic E-state index is 12.6. The van der Waals surface area contributed by atoms with Crippen molar-refractivity contribution in [2.75, 3.05) is 42.8 Å². The molecule has 2 heterocycles. The Balaban J connectivity index is 1.68. The fourth-order valence-electron chi connectivity index (χ4n) is 4.06. The van der Waals surface area contributed by atoms with Crippen LogP contribution >= 0.6 is 12.2 Å². The van der Waals surface area contributed by atoms with Crippen molar-refractivity contribution in [3.63, 3.8) is 0 Å². The van der Waals surface area contributed by atoms with Gasteiger partial charge in [-0.2, -0.15) is 0 Å². The summed E-state index contributed by atoms with van der Waals surface area (Å²) in [6, 6.07) is 9.70. The molecule has 0 bridgehead atoms. The molecule has 10 heteroatoms. The first kappa shape index (κ1) is 23.8. The second-order valence-corrected chi connectivity index (χ2v) is 11.5. The topological polar surface area (TPSA) is 96.5 Å². The fourth-order valence-corrected chi connectivity index (χ4v) is 5.61. The van der Waals surface area contributed by atoms with E-state index >= 15 is 0 Å². The van der Waals surface area contributed by atoms with Crippen molar-refractivity contribution in [1.82, 2.24) is 15.3 Å². The van der Waals surface area contributed by atoms with E-state index in [0.29, 0.717) is 49.2 Å². The standard InChI is InChI=1S/C23H31N5O3S2/c1-4-11-24-22(32)25-18-7-5-17(6-8-18)21-26-19(23(9-10-23)33(3,29)30)14-20(27-21)28-12-13-31-15-16(28)2/h5-8,14,16H,4,9-13,15H2,1-3H3,(H2,24,25,32)/t16-/m0/s1. The molecule has 178 valence electrons. The van der Waals surface area contributed by atoms with Crippen LogP contribution in [-0.4, -0.2) is 62.1 Å². The van der Waals surface area contributed by atoms with Crippen LogP contribution in [0.1, 0.15) is 38.8 Å². The van der Waals surface area contributed by atoms with E-state index in [4.69, 9.17) is 26.9 Å². The normalized spacial score (nSPS) is 19.7. The zero-order chi connectivity index (χ0) is 23.6. The number of ether oxygens (including phenoxy) is 1. The number of hydrogen-bond acceptors (Lipinski definition) is 7. The van der Waals surface area contributed by atoms with Crippen LogP contribution in [0.4, 0.5) is 11.5 Å². The monoisotopic (exact) mass is 489 g/mol. The van der Waals surface area contributed by atoms with E-state index in [1.807, 2.05) is 30.3 Å². The molecule has 0 unspecified atom stereocenters. The van der Waals surface area contributed by atoms with Gasteiger partial charge in [-0.05, 0) is 62.7 Å². The lowest BCUT2D eigenvalue weighted by Crippen LogP contribution is -2.44. The Bertz CT molecular complexity index is 1120. The Morgan fingerprint density at radius 2 is 2.00 bits per heavy atom. The lowest BCUT2D eigenvalue weighted by atomic mass is 10.1. The number of hydrogen-bond donors (Lipinski definition) is 2. The van der Waals surface area contributed by atoms with Crippen LogP contribution in [0.25, 0.3) is 11.4 Å². The first-order valence-corrected chi connectivity index (χ1v) is 13.6. The summed E-state index contributed by atoms with van der Waals surface area (Å²) in [5.74, 6) is 1.27. The highest BCUT2D eigenvalue weighted by atomic mass is 32.2. The molecule has 0 spiro atoms. The van der Waals surface area contributed by atoms with Crippen LogP contribution in [0.15, 0.2) is 30.3 Å². The molecule has 4 rings (SSSR count). The molecular formula is C23H31N5O3S2. The molecule has 1 aromatic carbocycles. The molecule has 0 radical (unpaired) electrons. The van der Waals surface area contributed by atoms with Gasteiger partial charge in [-0.3, -0.25) is 0 Å². The van der Waals surface area contributed by atoms with Crippen molar-refractivity contribution in [2.24, 2.45) is 0 Å². The van der Waals surface area contributed by atoms with Gasteiger partial charge in [-0.15, -0.1) is 0 Å². The van der Waals surface area contributed by atoms with E-state index in [2.05, 4.69) is 29.4 Å². The Morgan fingerprint density at radius 3 is 2.61 bits per heavy atom. The Hall–Kier alpha value is -2.30. The highest BCUT2D eigenvalue weighted by Gasteiger charge is 2.55. The molecule has 2 fully saturated rings. The van der Waals surface area contributed by atoms with Gasteiger partial charge in [0, 0.05) is 36.7 Å². The number of benzene rings is 1. The highest BCUT2D eigenvalue weighted by molar-refractivity contribution is 7.92. The van der Waals surface area contributed by atoms with Crippen LogP contribution in [0.3, 0.4) is 0 Å². The number of sulfone groups is 1. The molecule has 1 atom stereocenters. The first-order valence-electron chi connectivity index (χ1n) is 11.3. The van der Waals surface area contributed by atoms with Crippen molar-refractivity contribution < 1.29 is 13.2 Å². The van der Waals surface area contributed by atoms with Gasteiger partial charge in [-0.1, -0.05) is 6.92 Å². The van der Waals surface area contributed by atoms with Crippen molar-refractivity contribution >= 4 is 38.7 Å². The number of anilines is 2. The number of rotatable bonds is 7. The second kappa shape index (κ2) is 9.52.